The Kier molecular flexibility index (Phi) is 4.29. The monoisotopic (exact) mass is 316 g/mol. The fourth-order valence-corrected chi connectivity index (χ4v) is 2.67. The van der Waals surface area contributed by atoms with Crippen molar-refractivity contribution in [3.63, 3.8) is 0 Å². The van der Waals surface area contributed by atoms with Crippen LogP contribution in [0.25, 0.3) is 11.5 Å². The van der Waals surface area contributed by atoms with Crippen molar-refractivity contribution in [2.75, 3.05) is 6.54 Å². The van der Waals surface area contributed by atoms with Gasteiger partial charge in [-0.15, -0.1) is 0 Å². The summed E-state index contributed by atoms with van der Waals surface area (Å²) in [6, 6.07) is 7.31. The molecule has 23 heavy (non-hydrogen) atoms. The molecule has 2 N–H and O–H groups in total. The number of carbonyl (C=O) groups excluding carboxylic acids is 1. The molecule has 7 nitrogen and oxygen atoms in total. The number of aliphatic hydroxyl groups excluding tert-OH is 1. The SMILES string of the molecule is Cc1noc(-c2ccc(CNC(=O)N3CC[C@@H](O)[C@H]3C)cc2)n1. The second kappa shape index (κ2) is 6.37. The smallest absolute Gasteiger partial charge is 0.317 e. The van der Waals surface area contributed by atoms with Gasteiger partial charge in [-0.2, -0.15) is 4.98 Å². The Balaban J connectivity index is 1.57. The van der Waals surface area contributed by atoms with Crippen molar-refractivity contribution in [3.8, 4) is 11.5 Å². The molecule has 7 heteroatoms. The highest BCUT2D eigenvalue weighted by Crippen LogP contribution is 2.19. The Morgan fingerprint density at radius 2 is 2.17 bits per heavy atom. The second-order valence-corrected chi connectivity index (χ2v) is 5.79. The van der Waals surface area contributed by atoms with Crippen LogP contribution in [0.15, 0.2) is 28.8 Å². The first-order valence-electron chi connectivity index (χ1n) is 7.67. The molecule has 1 aromatic carbocycles. The maximum absolute atomic E-state index is 12.1. The van der Waals surface area contributed by atoms with Crippen LogP contribution in [0.1, 0.15) is 24.7 Å². The molecule has 1 fully saturated rings. The first-order chi connectivity index (χ1) is 11.0. The van der Waals surface area contributed by atoms with Gasteiger partial charge >= 0.3 is 6.03 Å². The summed E-state index contributed by atoms with van der Waals surface area (Å²) in [6.45, 7) is 4.65. The van der Waals surface area contributed by atoms with Crippen LogP contribution in [0.3, 0.4) is 0 Å². The molecule has 122 valence electrons. The summed E-state index contributed by atoms with van der Waals surface area (Å²) < 4.78 is 5.12. The lowest BCUT2D eigenvalue weighted by Gasteiger charge is -2.23. The number of hydrogen-bond acceptors (Lipinski definition) is 5. The summed E-state index contributed by atoms with van der Waals surface area (Å²) >= 11 is 0. The van der Waals surface area contributed by atoms with Crippen molar-refractivity contribution in [2.45, 2.75) is 39.0 Å². The van der Waals surface area contributed by atoms with Gasteiger partial charge in [-0.25, -0.2) is 4.79 Å². The zero-order valence-corrected chi connectivity index (χ0v) is 13.2. The Morgan fingerprint density at radius 3 is 2.74 bits per heavy atom. The Bertz CT molecular complexity index is 683. The molecule has 0 bridgehead atoms. The summed E-state index contributed by atoms with van der Waals surface area (Å²) in [4.78, 5) is 18.0. The molecule has 0 radical (unpaired) electrons. The molecule has 3 rings (SSSR count). The number of likely N-dealkylation sites (tertiary alicyclic amines) is 1. The number of aryl methyl sites for hydroxylation is 1. The van der Waals surface area contributed by atoms with Gasteiger partial charge in [-0.05, 0) is 38.0 Å². The van der Waals surface area contributed by atoms with Gasteiger partial charge in [0.05, 0.1) is 12.1 Å². The number of amides is 2. The molecular weight excluding hydrogens is 296 g/mol. The third-order valence-corrected chi connectivity index (χ3v) is 4.15. The van der Waals surface area contributed by atoms with E-state index in [9.17, 15) is 9.90 Å². The van der Waals surface area contributed by atoms with Gasteiger partial charge < -0.3 is 19.8 Å². The van der Waals surface area contributed by atoms with E-state index in [1.54, 1.807) is 11.8 Å². The first-order valence-corrected chi connectivity index (χ1v) is 7.67. The van der Waals surface area contributed by atoms with Crippen LogP contribution in [0.5, 0.6) is 0 Å². The fourth-order valence-electron chi connectivity index (χ4n) is 2.67. The van der Waals surface area contributed by atoms with E-state index < -0.39 is 6.10 Å². The Hall–Kier alpha value is -2.41. The molecule has 2 atom stereocenters. The predicted molar refractivity (Wildman–Crippen MR) is 83.5 cm³/mol. The number of aliphatic hydroxyl groups is 1. The van der Waals surface area contributed by atoms with Crippen LogP contribution >= 0.6 is 0 Å². The molecule has 0 saturated carbocycles. The number of rotatable bonds is 3. The summed E-state index contributed by atoms with van der Waals surface area (Å²) in [6.07, 6.45) is 0.199. The van der Waals surface area contributed by atoms with Gasteiger partial charge in [-0.3, -0.25) is 0 Å². The zero-order valence-electron chi connectivity index (χ0n) is 13.2. The summed E-state index contributed by atoms with van der Waals surface area (Å²) in [7, 11) is 0. The predicted octanol–water partition coefficient (Wildman–Crippen LogP) is 1.71. The maximum atomic E-state index is 12.1. The molecule has 0 unspecified atom stereocenters. The van der Waals surface area contributed by atoms with Crippen LogP contribution in [0, 0.1) is 6.92 Å². The normalized spacial score (nSPS) is 20.7. The summed E-state index contributed by atoms with van der Waals surface area (Å²) in [5.74, 6) is 1.08. The van der Waals surface area contributed by atoms with Crippen molar-refractivity contribution in [1.29, 1.82) is 0 Å². The quantitative estimate of drug-likeness (QED) is 0.899. The number of nitrogens with zero attached hydrogens (tertiary/aromatic N) is 3. The van der Waals surface area contributed by atoms with Crippen molar-refractivity contribution in [1.82, 2.24) is 20.4 Å². The van der Waals surface area contributed by atoms with Gasteiger partial charge in [0.15, 0.2) is 5.82 Å². The molecule has 2 aromatic rings. The minimum atomic E-state index is -0.433. The summed E-state index contributed by atoms with van der Waals surface area (Å²) in [5, 5.41) is 16.3. The minimum Gasteiger partial charge on any atom is -0.391 e. The summed E-state index contributed by atoms with van der Waals surface area (Å²) in [5.41, 5.74) is 1.82. The van der Waals surface area contributed by atoms with E-state index in [1.165, 1.54) is 0 Å². The van der Waals surface area contributed by atoms with E-state index in [-0.39, 0.29) is 12.1 Å². The molecule has 0 aliphatic carbocycles. The molecule has 0 spiro atoms. The average Bonchev–Trinajstić information content (AvgIpc) is 3.12. The van der Waals surface area contributed by atoms with Crippen LogP contribution < -0.4 is 5.32 Å². The first kappa shape index (κ1) is 15.5. The number of benzene rings is 1. The lowest BCUT2D eigenvalue weighted by molar-refractivity contribution is 0.131. The Morgan fingerprint density at radius 1 is 1.43 bits per heavy atom. The van der Waals surface area contributed by atoms with Gasteiger partial charge in [0.1, 0.15) is 0 Å². The zero-order chi connectivity index (χ0) is 16.4. The molecule has 2 heterocycles. The van der Waals surface area contributed by atoms with Crippen LogP contribution in [0.2, 0.25) is 0 Å². The van der Waals surface area contributed by atoms with Gasteiger partial charge in [0.25, 0.3) is 5.89 Å². The van der Waals surface area contributed by atoms with Crippen molar-refractivity contribution in [3.05, 3.63) is 35.7 Å². The largest absolute Gasteiger partial charge is 0.391 e. The Labute approximate surface area is 134 Å². The molecular formula is C16H20N4O3. The lowest BCUT2D eigenvalue weighted by atomic mass is 10.1. The van der Waals surface area contributed by atoms with Crippen molar-refractivity contribution < 1.29 is 14.4 Å². The van der Waals surface area contributed by atoms with E-state index in [1.807, 2.05) is 31.2 Å². The number of hydrogen-bond donors (Lipinski definition) is 2. The highest BCUT2D eigenvalue weighted by atomic mass is 16.5. The van der Waals surface area contributed by atoms with E-state index in [0.29, 0.717) is 31.2 Å². The minimum absolute atomic E-state index is 0.141. The van der Waals surface area contributed by atoms with E-state index in [2.05, 4.69) is 15.5 Å². The van der Waals surface area contributed by atoms with Crippen LogP contribution in [-0.4, -0.2) is 44.9 Å². The highest BCUT2D eigenvalue weighted by Gasteiger charge is 2.32. The molecule has 1 aliphatic rings. The molecule has 1 aliphatic heterocycles. The van der Waals surface area contributed by atoms with Gasteiger partial charge in [-0.1, -0.05) is 17.3 Å². The number of carbonyl (C=O) groups is 1. The van der Waals surface area contributed by atoms with E-state index >= 15 is 0 Å². The molecule has 1 saturated heterocycles. The third kappa shape index (κ3) is 3.34. The van der Waals surface area contributed by atoms with Crippen LogP contribution in [0.4, 0.5) is 4.79 Å². The third-order valence-electron chi connectivity index (χ3n) is 4.15. The topological polar surface area (TPSA) is 91.5 Å². The van der Waals surface area contributed by atoms with E-state index in [0.717, 1.165) is 11.1 Å². The highest BCUT2D eigenvalue weighted by molar-refractivity contribution is 5.75. The van der Waals surface area contributed by atoms with Crippen LogP contribution in [-0.2, 0) is 6.54 Å². The average molecular weight is 316 g/mol. The maximum Gasteiger partial charge on any atom is 0.317 e. The lowest BCUT2D eigenvalue weighted by Crippen LogP contribution is -2.43. The van der Waals surface area contributed by atoms with E-state index in [4.69, 9.17) is 4.52 Å². The van der Waals surface area contributed by atoms with Gasteiger partial charge in [0, 0.05) is 18.7 Å². The molecule has 1 aromatic heterocycles. The number of aromatic nitrogens is 2. The number of urea groups is 1. The van der Waals surface area contributed by atoms with Gasteiger partial charge in [0.2, 0.25) is 0 Å². The van der Waals surface area contributed by atoms with Crippen molar-refractivity contribution >= 4 is 6.03 Å². The second-order valence-electron chi connectivity index (χ2n) is 5.79. The number of nitrogens with one attached hydrogen (secondary N) is 1. The standard InChI is InChI=1S/C16H20N4O3/c1-10-14(21)7-8-20(10)16(22)17-9-12-3-5-13(6-4-12)15-18-11(2)19-23-15/h3-6,10,14,21H,7-9H2,1-2H3,(H,17,22)/t10-,14-/m1/s1. The van der Waals surface area contributed by atoms with Crippen molar-refractivity contribution in [2.24, 2.45) is 0 Å². The molecule has 2 amide bonds. The fraction of sp³-hybridized carbons (Fsp3) is 0.438.